The van der Waals surface area contributed by atoms with Crippen molar-refractivity contribution in [3.05, 3.63) is 0 Å². The van der Waals surface area contributed by atoms with E-state index in [2.05, 4.69) is 10.6 Å². The molecule has 1 fully saturated rings. The number of aliphatic hydroxyl groups excluding tert-OH is 1. The highest BCUT2D eigenvalue weighted by molar-refractivity contribution is 4.69. The molecule has 0 aromatic rings. The molecule has 1 unspecified atom stereocenters. The predicted octanol–water partition coefficient (Wildman–Crippen LogP) is -0.577. The number of likely N-dealkylation sites (tertiary alicyclic amines) is 1. The fraction of sp³-hybridized carbons (Fsp3) is 1.00. The van der Waals surface area contributed by atoms with Crippen molar-refractivity contribution in [2.45, 2.75) is 31.9 Å². The number of aliphatic hydroxyl groups is 1. The molecule has 1 aliphatic heterocycles. The Balaban J connectivity index is 2.05. The van der Waals surface area contributed by atoms with Crippen LogP contribution in [0.1, 0.15) is 25.7 Å². The molecule has 3 heteroatoms. The van der Waals surface area contributed by atoms with Gasteiger partial charge in [0, 0.05) is 13.1 Å². The molecule has 1 saturated heterocycles. The van der Waals surface area contributed by atoms with E-state index < -0.39 is 0 Å². The average Bonchev–Trinajstić information content (AvgIpc) is 2.37. The number of quaternary nitrogens is 1. The Morgan fingerprint density at radius 3 is 2.82 bits per heavy atom. The monoisotopic (exact) mass is 159 g/mol. The van der Waals surface area contributed by atoms with Crippen molar-refractivity contribution in [2.24, 2.45) is 0 Å². The molecule has 0 aromatic heterocycles. The Bertz CT molecular complexity index is 108. The van der Waals surface area contributed by atoms with Crippen LogP contribution in [0.25, 0.3) is 0 Å². The minimum atomic E-state index is -0.153. The van der Waals surface area contributed by atoms with E-state index in [0.717, 1.165) is 32.5 Å². The summed E-state index contributed by atoms with van der Waals surface area (Å²) in [7, 11) is 0. The van der Waals surface area contributed by atoms with Crippen LogP contribution in [0.15, 0.2) is 0 Å². The molecule has 0 amide bonds. The molecule has 0 saturated carbocycles. The van der Waals surface area contributed by atoms with E-state index >= 15 is 0 Å². The second-order valence-corrected chi connectivity index (χ2v) is 3.22. The van der Waals surface area contributed by atoms with Crippen LogP contribution < -0.4 is 5.73 Å². The van der Waals surface area contributed by atoms with Crippen LogP contribution in [0.3, 0.4) is 0 Å². The molecular weight excluding hydrogens is 140 g/mol. The number of hydrogen-bond acceptors (Lipinski definition) is 2. The molecule has 0 aliphatic carbocycles. The molecule has 1 heterocycles. The van der Waals surface area contributed by atoms with Crippen LogP contribution in [0.5, 0.6) is 0 Å². The van der Waals surface area contributed by atoms with Gasteiger partial charge in [0.1, 0.15) is 6.23 Å². The molecule has 1 aliphatic rings. The van der Waals surface area contributed by atoms with Crippen LogP contribution >= 0.6 is 0 Å². The van der Waals surface area contributed by atoms with Crippen LogP contribution in [-0.4, -0.2) is 35.9 Å². The quantitative estimate of drug-likeness (QED) is 0.539. The van der Waals surface area contributed by atoms with Crippen molar-refractivity contribution in [3.63, 3.8) is 0 Å². The average molecular weight is 159 g/mol. The highest BCUT2D eigenvalue weighted by Gasteiger charge is 2.20. The first-order valence-corrected chi connectivity index (χ1v) is 4.56. The van der Waals surface area contributed by atoms with E-state index in [-0.39, 0.29) is 6.23 Å². The predicted molar refractivity (Wildman–Crippen MR) is 43.8 cm³/mol. The van der Waals surface area contributed by atoms with Gasteiger partial charge in [0.2, 0.25) is 0 Å². The Labute approximate surface area is 68.2 Å². The third-order valence-corrected chi connectivity index (χ3v) is 2.27. The topological polar surface area (TPSA) is 51.1 Å². The van der Waals surface area contributed by atoms with E-state index in [9.17, 15) is 5.11 Å². The molecule has 0 aromatic carbocycles. The lowest BCUT2D eigenvalue weighted by Crippen LogP contribution is -2.50. The van der Waals surface area contributed by atoms with Crippen molar-refractivity contribution in [1.82, 2.24) is 4.90 Å². The summed E-state index contributed by atoms with van der Waals surface area (Å²) >= 11 is 0. The SMILES string of the molecule is [NH3+]CCCCN1CCCC1O. The van der Waals surface area contributed by atoms with Crippen molar-refractivity contribution in [1.29, 1.82) is 0 Å². The van der Waals surface area contributed by atoms with Gasteiger partial charge in [0.25, 0.3) is 0 Å². The van der Waals surface area contributed by atoms with E-state index in [0.29, 0.717) is 0 Å². The normalized spacial score (nSPS) is 26.2. The third-order valence-electron chi connectivity index (χ3n) is 2.27. The van der Waals surface area contributed by atoms with Crippen LogP contribution in [-0.2, 0) is 0 Å². The summed E-state index contributed by atoms with van der Waals surface area (Å²) in [5.74, 6) is 0. The van der Waals surface area contributed by atoms with Crippen molar-refractivity contribution in [3.8, 4) is 0 Å². The van der Waals surface area contributed by atoms with Gasteiger partial charge in [-0.05, 0) is 25.7 Å². The lowest BCUT2D eigenvalue weighted by atomic mass is 10.3. The third kappa shape index (κ3) is 2.77. The first-order chi connectivity index (χ1) is 5.34. The first-order valence-electron chi connectivity index (χ1n) is 4.56. The lowest BCUT2D eigenvalue weighted by Gasteiger charge is -2.18. The molecule has 0 radical (unpaired) electrons. The van der Waals surface area contributed by atoms with Crippen LogP contribution in [0.4, 0.5) is 0 Å². The maximum absolute atomic E-state index is 9.40. The summed E-state index contributed by atoms with van der Waals surface area (Å²) < 4.78 is 0. The number of rotatable bonds is 4. The highest BCUT2D eigenvalue weighted by Crippen LogP contribution is 2.14. The molecule has 4 N–H and O–H groups in total. The van der Waals surface area contributed by atoms with Gasteiger partial charge in [-0.25, -0.2) is 0 Å². The highest BCUT2D eigenvalue weighted by atomic mass is 16.3. The van der Waals surface area contributed by atoms with Crippen LogP contribution in [0, 0.1) is 0 Å². The molecule has 0 spiro atoms. The van der Waals surface area contributed by atoms with Gasteiger partial charge in [0.15, 0.2) is 0 Å². The Morgan fingerprint density at radius 1 is 1.45 bits per heavy atom. The summed E-state index contributed by atoms with van der Waals surface area (Å²) in [6.45, 7) is 3.15. The molecule has 66 valence electrons. The van der Waals surface area contributed by atoms with Gasteiger partial charge in [-0.2, -0.15) is 0 Å². The number of unbranched alkanes of at least 4 members (excludes halogenated alkanes) is 1. The smallest absolute Gasteiger partial charge is 0.107 e. The van der Waals surface area contributed by atoms with Gasteiger partial charge in [-0.15, -0.1) is 0 Å². The van der Waals surface area contributed by atoms with E-state index in [1.54, 1.807) is 0 Å². The second kappa shape index (κ2) is 4.70. The van der Waals surface area contributed by atoms with Gasteiger partial charge < -0.3 is 10.8 Å². The summed E-state index contributed by atoms with van der Waals surface area (Å²) in [5.41, 5.74) is 3.79. The zero-order valence-electron chi connectivity index (χ0n) is 7.13. The molecular formula is C8H19N2O+. The number of hydrogen-bond donors (Lipinski definition) is 2. The van der Waals surface area contributed by atoms with Crippen molar-refractivity contribution >= 4 is 0 Å². The van der Waals surface area contributed by atoms with Crippen LogP contribution in [0.2, 0.25) is 0 Å². The maximum Gasteiger partial charge on any atom is 0.107 e. The number of nitrogens with zero attached hydrogens (tertiary/aromatic N) is 1. The summed E-state index contributed by atoms with van der Waals surface area (Å²) in [5, 5.41) is 9.40. The molecule has 3 nitrogen and oxygen atoms in total. The van der Waals surface area contributed by atoms with Gasteiger partial charge >= 0.3 is 0 Å². The summed E-state index contributed by atoms with van der Waals surface area (Å²) in [6.07, 6.45) is 4.33. The minimum Gasteiger partial charge on any atom is -0.378 e. The largest absolute Gasteiger partial charge is 0.378 e. The zero-order valence-corrected chi connectivity index (χ0v) is 7.13. The van der Waals surface area contributed by atoms with Gasteiger partial charge in [-0.3, -0.25) is 4.90 Å². The molecule has 11 heavy (non-hydrogen) atoms. The Hall–Kier alpha value is -0.120. The minimum absolute atomic E-state index is 0.153. The Morgan fingerprint density at radius 2 is 2.27 bits per heavy atom. The fourth-order valence-corrected chi connectivity index (χ4v) is 1.56. The van der Waals surface area contributed by atoms with Crippen molar-refractivity contribution < 1.29 is 10.8 Å². The van der Waals surface area contributed by atoms with Crippen molar-refractivity contribution in [2.75, 3.05) is 19.6 Å². The van der Waals surface area contributed by atoms with E-state index in [4.69, 9.17) is 0 Å². The standard InChI is InChI=1S/C8H18N2O/c9-5-1-2-6-10-7-3-4-8(10)11/h8,11H,1-7,9H2/p+1. The molecule has 0 bridgehead atoms. The van der Waals surface area contributed by atoms with E-state index in [1.807, 2.05) is 0 Å². The van der Waals surface area contributed by atoms with E-state index in [1.165, 1.54) is 12.8 Å². The zero-order chi connectivity index (χ0) is 8.10. The van der Waals surface area contributed by atoms with Gasteiger partial charge in [0.05, 0.1) is 6.54 Å². The Kier molecular flexibility index (Phi) is 3.83. The molecule has 1 rings (SSSR count). The fourth-order valence-electron chi connectivity index (χ4n) is 1.56. The second-order valence-electron chi connectivity index (χ2n) is 3.22. The maximum atomic E-state index is 9.40. The summed E-state index contributed by atoms with van der Waals surface area (Å²) in [6, 6.07) is 0. The lowest BCUT2D eigenvalue weighted by molar-refractivity contribution is -0.368. The molecule has 1 atom stereocenters. The summed E-state index contributed by atoms with van der Waals surface area (Å²) in [4.78, 5) is 2.16. The van der Waals surface area contributed by atoms with Gasteiger partial charge in [-0.1, -0.05) is 0 Å². The first kappa shape index (κ1) is 8.97.